The lowest BCUT2D eigenvalue weighted by atomic mass is 10.0. The molecule has 1 N–H and O–H groups in total. The van der Waals surface area contributed by atoms with E-state index in [0.29, 0.717) is 18.9 Å². The number of hydrogen-bond donors (Lipinski definition) is 1. The van der Waals surface area contributed by atoms with Gasteiger partial charge in [0.15, 0.2) is 0 Å². The van der Waals surface area contributed by atoms with E-state index in [4.69, 9.17) is 5.11 Å². The van der Waals surface area contributed by atoms with Crippen LogP contribution in [-0.4, -0.2) is 57.7 Å². The predicted octanol–water partition coefficient (Wildman–Crippen LogP) is 2.01. The normalized spacial score (nSPS) is 20.1. The molecule has 0 unspecified atom stereocenters. The van der Waals surface area contributed by atoms with Crippen LogP contribution in [0.15, 0.2) is 12.4 Å². The van der Waals surface area contributed by atoms with Gasteiger partial charge in [0.2, 0.25) is 0 Å². The molecule has 24 heavy (non-hydrogen) atoms. The zero-order valence-electron chi connectivity index (χ0n) is 13.0. The van der Waals surface area contributed by atoms with Gasteiger partial charge in [-0.15, -0.1) is 0 Å². The van der Waals surface area contributed by atoms with Crippen molar-refractivity contribution in [1.29, 1.82) is 0 Å². The first-order valence-corrected chi connectivity index (χ1v) is 7.96. The minimum atomic E-state index is -4.49. The monoisotopic (exact) mass is 344 g/mol. The lowest BCUT2D eigenvalue weighted by molar-refractivity contribution is -0.141. The maximum absolute atomic E-state index is 12.9. The Hall–Kier alpha value is -1.90. The van der Waals surface area contributed by atoms with Crippen LogP contribution in [0.1, 0.15) is 31.4 Å². The smallest absolute Gasteiger partial charge is 0.433 e. The molecule has 2 fully saturated rings. The number of halogens is 3. The average Bonchev–Trinajstić information content (AvgIpc) is 3.33. The Balaban J connectivity index is 1.74. The van der Waals surface area contributed by atoms with Crippen molar-refractivity contribution in [2.24, 2.45) is 0 Å². The fourth-order valence-corrected chi connectivity index (χ4v) is 3.22. The van der Waals surface area contributed by atoms with Gasteiger partial charge in [0, 0.05) is 31.2 Å². The second-order valence-electron chi connectivity index (χ2n) is 6.30. The van der Waals surface area contributed by atoms with E-state index < -0.39 is 17.8 Å². The van der Waals surface area contributed by atoms with Crippen LogP contribution in [0.25, 0.3) is 0 Å². The highest BCUT2D eigenvalue weighted by atomic mass is 19.4. The topological polar surface area (TPSA) is 69.6 Å². The molecule has 1 aliphatic heterocycles. The number of nitrogens with zero attached hydrogens (tertiary/aromatic N) is 4. The van der Waals surface area contributed by atoms with Crippen LogP contribution < -0.4 is 4.90 Å². The lowest BCUT2D eigenvalue weighted by Crippen LogP contribution is -2.47. The Morgan fingerprint density at radius 3 is 2.38 bits per heavy atom. The summed E-state index contributed by atoms with van der Waals surface area (Å²) in [5.41, 5.74) is -0.929. The maximum Gasteiger partial charge on any atom is 0.433 e. The lowest BCUT2D eigenvalue weighted by Gasteiger charge is -2.39. The number of aliphatic carboxylic acids is 1. The molecule has 0 aromatic carbocycles. The minimum absolute atomic E-state index is 0.00186. The summed E-state index contributed by atoms with van der Waals surface area (Å²) in [7, 11) is 0. The van der Waals surface area contributed by atoms with Crippen molar-refractivity contribution in [1.82, 2.24) is 14.9 Å². The molecular formula is C15H19F3N4O2. The van der Waals surface area contributed by atoms with Crippen LogP contribution in [0.3, 0.4) is 0 Å². The van der Waals surface area contributed by atoms with Crippen molar-refractivity contribution >= 4 is 11.8 Å². The number of carbonyl (C=O) groups is 1. The standard InChI is InChI=1S/C15H19F3N4O2/c16-15(17,18)12-7-13(20-9-19-12)22(10-1-2-10)11-3-5-21(6-4-11)8-14(23)24/h7,9-11H,1-6,8H2,(H,23,24). The molecule has 3 rings (SSSR count). The fraction of sp³-hybridized carbons (Fsp3) is 0.667. The summed E-state index contributed by atoms with van der Waals surface area (Å²) in [5, 5.41) is 8.85. The molecule has 0 spiro atoms. The number of anilines is 1. The van der Waals surface area contributed by atoms with Crippen molar-refractivity contribution < 1.29 is 23.1 Å². The van der Waals surface area contributed by atoms with Gasteiger partial charge in [-0.3, -0.25) is 9.69 Å². The predicted molar refractivity (Wildman–Crippen MR) is 79.6 cm³/mol. The molecular weight excluding hydrogens is 325 g/mol. The number of piperidine rings is 1. The third-order valence-corrected chi connectivity index (χ3v) is 4.46. The molecule has 2 heterocycles. The van der Waals surface area contributed by atoms with E-state index in [2.05, 4.69) is 9.97 Å². The van der Waals surface area contributed by atoms with Gasteiger partial charge in [0.25, 0.3) is 0 Å². The third-order valence-electron chi connectivity index (χ3n) is 4.46. The van der Waals surface area contributed by atoms with Crippen molar-refractivity contribution in [3.8, 4) is 0 Å². The first kappa shape index (κ1) is 16.9. The molecule has 1 saturated carbocycles. The Kier molecular flexibility index (Phi) is 4.62. The van der Waals surface area contributed by atoms with E-state index in [9.17, 15) is 18.0 Å². The van der Waals surface area contributed by atoms with Gasteiger partial charge < -0.3 is 10.0 Å². The molecule has 0 amide bonds. The summed E-state index contributed by atoms with van der Waals surface area (Å²) >= 11 is 0. The van der Waals surface area contributed by atoms with E-state index in [1.54, 1.807) is 0 Å². The summed E-state index contributed by atoms with van der Waals surface area (Å²) in [6.45, 7) is 1.25. The first-order chi connectivity index (χ1) is 11.3. The molecule has 1 aliphatic carbocycles. The number of aromatic nitrogens is 2. The van der Waals surface area contributed by atoms with Crippen molar-refractivity contribution in [2.45, 2.75) is 43.9 Å². The number of hydrogen-bond acceptors (Lipinski definition) is 5. The van der Waals surface area contributed by atoms with Gasteiger partial charge in [-0.2, -0.15) is 13.2 Å². The van der Waals surface area contributed by atoms with Crippen molar-refractivity contribution in [2.75, 3.05) is 24.5 Å². The Morgan fingerprint density at radius 1 is 1.21 bits per heavy atom. The number of rotatable bonds is 5. The second kappa shape index (κ2) is 6.54. The summed E-state index contributed by atoms with van der Waals surface area (Å²) in [6.07, 6.45) is -0.198. The van der Waals surface area contributed by atoms with Crippen LogP contribution in [0, 0.1) is 0 Å². The molecule has 1 saturated heterocycles. The number of alkyl halides is 3. The Bertz CT molecular complexity index is 599. The van der Waals surface area contributed by atoms with Crippen LogP contribution in [0.4, 0.5) is 19.0 Å². The van der Waals surface area contributed by atoms with E-state index in [0.717, 1.165) is 38.1 Å². The molecule has 0 atom stereocenters. The molecule has 9 heteroatoms. The van der Waals surface area contributed by atoms with Gasteiger partial charge in [0.05, 0.1) is 6.54 Å². The Morgan fingerprint density at radius 2 is 1.83 bits per heavy atom. The Labute approximate surface area is 137 Å². The highest BCUT2D eigenvalue weighted by Gasteiger charge is 2.39. The van der Waals surface area contributed by atoms with Crippen LogP contribution in [-0.2, 0) is 11.0 Å². The highest BCUT2D eigenvalue weighted by Crippen LogP contribution is 2.37. The summed E-state index contributed by atoms with van der Waals surface area (Å²) < 4.78 is 38.7. The minimum Gasteiger partial charge on any atom is -0.480 e. The number of carboxylic acid groups (broad SMARTS) is 1. The average molecular weight is 344 g/mol. The summed E-state index contributed by atoms with van der Waals surface area (Å²) in [5.74, 6) is -0.547. The second-order valence-corrected chi connectivity index (χ2v) is 6.30. The molecule has 0 bridgehead atoms. The van der Waals surface area contributed by atoms with Crippen LogP contribution in [0.5, 0.6) is 0 Å². The van der Waals surface area contributed by atoms with E-state index in [-0.39, 0.29) is 18.6 Å². The van der Waals surface area contributed by atoms with E-state index >= 15 is 0 Å². The molecule has 1 aromatic heterocycles. The summed E-state index contributed by atoms with van der Waals surface area (Å²) in [4.78, 5) is 22.0. The molecule has 6 nitrogen and oxygen atoms in total. The number of carboxylic acids is 1. The van der Waals surface area contributed by atoms with Gasteiger partial charge >= 0.3 is 12.1 Å². The van der Waals surface area contributed by atoms with Gasteiger partial charge in [-0.25, -0.2) is 9.97 Å². The van der Waals surface area contributed by atoms with Crippen LogP contribution in [0.2, 0.25) is 0 Å². The summed E-state index contributed by atoms with van der Waals surface area (Å²) in [6, 6.07) is 1.32. The van der Waals surface area contributed by atoms with Gasteiger partial charge in [0.1, 0.15) is 17.8 Å². The first-order valence-electron chi connectivity index (χ1n) is 7.96. The zero-order chi connectivity index (χ0) is 17.3. The van der Waals surface area contributed by atoms with Crippen molar-refractivity contribution in [3.63, 3.8) is 0 Å². The largest absolute Gasteiger partial charge is 0.480 e. The van der Waals surface area contributed by atoms with Crippen molar-refractivity contribution in [3.05, 3.63) is 18.1 Å². The van der Waals surface area contributed by atoms with Gasteiger partial charge in [-0.05, 0) is 25.7 Å². The number of likely N-dealkylation sites (tertiary alicyclic amines) is 1. The van der Waals surface area contributed by atoms with E-state index in [1.807, 2.05) is 9.80 Å². The van der Waals surface area contributed by atoms with Gasteiger partial charge in [-0.1, -0.05) is 0 Å². The zero-order valence-corrected chi connectivity index (χ0v) is 13.0. The van der Waals surface area contributed by atoms with Crippen LogP contribution >= 0.6 is 0 Å². The maximum atomic E-state index is 12.9. The third kappa shape index (κ3) is 3.95. The van der Waals surface area contributed by atoms with E-state index in [1.165, 1.54) is 0 Å². The quantitative estimate of drug-likeness (QED) is 0.881. The molecule has 132 valence electrons. The molecule has 1 aromatic rings. The fourth-order valence-electron chi connectivity index (χ4n) is 3.22. The molecule has 0 radical (unpaired) electrons. The highest BCUT2D eigenvalue weighted by molar-refractivity contribution is 5.69. The SMILES string of the molecule is O=C(O)CN1CCC(N(c2cc(C(F)(F)F)ncn2)C2CC2)CC1. The molecule has 2 aliphatic rings.